The maximum absolute atomic E-state index is 12.4. The smallest absolute Gasteiger partial charge is 0.283 e. The molecule has 0 bridgehead atoms. The summed E-state index contributed by atoms with van der Waals surface area (Å²) >= 11 is 5.72. The normalized spacial score (nSPS) is 10.0. The zero-order chi connectivity index (χ0) is 20.8. The molecule has 11 heteroatoms. The van der Waals surface area contributed by atoms with Crippen LogP contribution in [0.5, 0.6) is 17.2 Å². The van der Waals surface area contributed by atoms with Gasteiger partial charge in [-0.15, -0.1) is 0 Å². The summed E-state index contributed by atoms with van der Waals surface area (Å²) in [5, 5.41) is 11.2. The van der Waals surface area contributed by atoms with E-state index in [1.165, 1.54) is 45.6 Å². The maximum Gasteiger partial charge on any atom is 0.283 e. The molecule has 0 atom stereocenters. The van der Waals surface area contributed by atoms with Gasteiger partial charge in [0, 0.05) is 16.7 Å². The number of nitro groups is 1. The molecule has 0 aliphatic heterocycles. The van der Waals surface area contributed by atoms with E-state index in [1.54, 1.807) is 0 Å². The van der Waals surface area contributed by atoms with Crippen LogP contribution >= 0.6 is 11.6 Å². The lowest BCUT2D eigenvalue weighted by atomic mass is 10.1. The topological polar surface area (TPSA) is 129 Å². The summed E-state index contributed by atoms with van der Waals surface area (Å²) in [6, 6.07) is 6.31. The third-order valence-electron chi connectivity index (χ3n) is 3.62. The Kier molecular flexibility index (Phi) is 6.61. The molecular formula is C17H16ClN3O7. The van der Waals surface area contributed by atoms with Crippen LogP contribution in [0.4, 0.5) is 5.69 Å². The number of hydrazine groups is 1. The van der Waals surface area contributed by atoms with E-state index < -0.39 is 22.4 Å². The fraction of sp³-hybridized carbons (Fsp3) is 0.176. The van der Waals surface area contributed by atoms with Crippen LogP contribution in [0.3, 0.4) is 0 Å². The zero-order valence-electron chi connectivity index (χ0n) is 15.1. The van der Waals surface area contributed by atoms with E-state index in [9.17, 15) is 19.7 Å². The van der Waals surface area contributed by atoms with Crippen molar-refractivity contribution in [3.63, 3.8) is 0 Å². The summed E-state index contributed by atoms with van der Waals surface area (Å²) in [4.78, 5) is 34.9. The fourth-order valence-corrected chi connectivity index (χ4v) is 2.48. The number of hydrogen-bond donors (Lipinski definition) is 2. The van der Waals surface area contributed by atoms with Gasteiger partial charge in [0.25, 0.3) is 17.5 Å². The van der Waals surface area contributed by atoms with E-state index in [2.05, 4.69) is 10.9 Å². The molecule has 0 saturated carbocycles. The van der Waals surface area contributed by atoms with E-state index in [4.69, 9.17) is 25.8 Å². The molecule has 0 unspecified atom stereocenters. The number of carbonyl (C=O) groups is 2. The van der Waals surface area contributed by atoms with Crippen molar-refractivity contribution in [3.8, 4) is 17.2 Å². The summed E-state index contributed by atoms with van der Waals surface area (Å²) < 4.78 is 15.5. The molecule has 0 fully saturated rings. The number of ether oxygens (including phenoxy) is 3. The van der Waals surface area contributed by atoms with Gasteiger partial charge in [0.2, 0.25) is 5.75 Å². The Hall–Kier alpha value is -3.53. The highest BCUT2D eigenvalue weighted by Crippen LogP contribution is 2.38. The molecule has 0 aliphatic carbocycles. The quantitative estimate of drug-likeness (QED) is 0.553. The van der Waals surface area contributed by atoms with Crippen LogP contribution in [0, 0.1) is 10.1 Å². The summed E-state index contributed by atoms with van der Waals surface area (Å²) in [6.45, 7) is 0. The molecule has 10 nitrogen and oxygen atoms in total. The average molecular weight is 410 g/mol. The summed E-state index contributed by atoms with van der Waals surface area (Å²) in [5.41, 5.74) is 3.63. The molecule has 2 amide bonds. The van der Waals surface area contributed by atoms with Crippen molar-refractivity contribution < 1.29 is 28.7 Å². The molecule has 2 N–H and O–H groups in total. The predicted molar refractivity (Wildman–Crippen MR) is 99.1 cm³/mol. The zero-order valence-corrected chi connectivity index (χ0v) is 15.8. The van der Waals surface area contributed by atoms with E-state index in [0.29, 0.717) is 5.75 Å². The minimum Gasteiger partial charge on any atom is -0.493 e. The van der Waals surface area contributed by atoms with Gasteiger partial charge in [-0.05, 0) is 24.3 Å². The number of nitro benzene ring substituents is 1. The largest absolute Gasteiger partial charge is 0.493 e. The third kappa shape index (κ3) is 4.41. The molecule has 0 heterocycles. The standard InChI is InChI=1S/C17H16ClN3O7/c1-26-13-6-9(7-14(27-2)15(13)28-3)16(22)19-20-17(23)11-5-4-10(18)8-12(11)21(24)25/h4-8H,1-3H3,(H,19,22)(H,20,23). The van der Waals surface area contributed by atoms with Crippen molar-refractivity contribution in [2.24, 2.45) is 0 Å². The number of amides is 2. The third-order valence-corrected chi connectivity index (χ3v) is 3.85. The Morgan fingerprint density at radius 1 is 0.964 bits per heavy atom. The van der Waals surface area contributed by atoms with Crippen LogP contribution in [0.2, 0.25) is 5.02 Å². The van der Waals surface area contributed by atoms with Crippen molar-refractivity contribution >= 4 is 29.1 Å². The Morgan fingerprint density at radius 2 is 1.54 bits per heavy atom. The number of rotatable bonds is 6. The number of benzene rings is 2. The lowest BCUT2D eigenvalue weighted by molar-refractivity contribution is -0.385. The molecular weight excluding hydrogens is 394 g/mol. The van der Waals surface area contributed by atoms with Gasteiger partial charge in [-0.2, -0.15) is 0 Å². The molecule has 2 aromatic rings. The second kappa shape index (κ2) is 8.91. The maximum atomic E-state index is 12.4. The minimum absolute atomic E-state index is 0.0976. The van der Waals surface area contributed by atoms with Gasteiger partial charge < -0.3 is 14.2 Å². The van der Waals surface area contributed by atoms with Crippen LogP contribution in [0.15, 0.2) is 30.3 Å². The summed E-state index contributed by atoms with van der Waals surface area (Å²) in [6.07, 6.45) is 0. The lowest BCUT2D eigenvalue weighted by Gasteiger charge is -2.14. The van der Waals surface area contributed by atoms with Gasteiger partial charge in [-0.25, -0.2) is 0 Å². The second-order valence-electron chi connectivity index (χ2n) is 5.24. The SMILES string of the molecule is COc1cc(C(=O)NNC(=O)c2ccc(Cl)cc2[N+](=O)[O-])cc(OC)c1OC. The molecule has 0 aromatic heterocycles. The van der Waals surface area contributed by atoms with Gasteiger partial charge in [0.05, 0.1) is 26.3 Å². The molecule has 2 aromatic carbocycles. The molecule has 0 spiro atoms. The minimum atomic E-state index is -0.885. The number of carbonyl (C=O) groups excluding carboxylic acids is 2. The highest BCUT2D eigenvalue weighted by molar-refractivity contribution is 6.31. The Balaban J connectivity index is 2.21. The average Bonchev–Trinajstić information content (AvgIpc) is 2.70. The number of methoxy groups -OCH3 is 3. The van der Waals surface area contributed by atoms with Crippen molar-refractivity contribution in [2.75, 3.05) is 21.3 Å². The molecule has 2 rings (SSSR count). The Labute approximate surface area is 164 Å². The molecule has 0 saturated heterocycles. The van der Waals surface area contributed by atoms with Crippen LogP contribution < -0.4 is 25.1 Å². The van der Waals surface area contributed by atoms with Crippen molar-refractivity contribution in [3.05, 3.63) is 56.6 Å². The Morgan fingerprint density at radius 3 is 2.04 bits per heavy atom. The van der Waals surface area contributed by atoms with Gasteiger partial charge in [0.15, 0.2) is 11.5 Å². The lowest BCUT2D eigenvalue weighted by Crippen LogP contribution is -2.41. The van der Waals surface area contributed by atoms with E-state index >= 15 is 0 Å². The van der Waals surface area contributed by atoms with Crippen molar-refractivity contribution in [1.29, 1.82) is 0 Å². The first kappa shape index (κ1) is 20.8. The van der Waals surface area contributed by atoms with Gasteiger partial charge >= 0.3 is 0 Å². The summed E-state index contributed by atoms with van der Waals surface area (Å²) in [7, 11) is 4.19. The predicted octanol–water partition coefficient (Wildman–Crippen LogP) is 2.35. The first-order chi connectivity index (χ1) is 13.3. The van der Waals surface area contributed by atoms with Crippen molar-refractivity contribution in [2.45, 2.75) is 0 Å². The molecule has 28 heavy (non-hydrogen) atoms. The monoisotopic (exact) mass is 409 g/mol. The summed E-state index contributed by atoms with van der Waals surface area (Å²) in [5.74, 6) is -0.811. The fourth-order valence-electron chi connectivity index (χ4n) is 2.31. The number of hydrogen-bond acceptors (Lipinski definition) is 7. The first-order valence-electron chi connectivity index (χ1n) is 7.67. The van der Waals surface area contributed by atoms with Gasteiger partial charge in [0.1, 0.15) is 5.56 Å². The second-order valence-corrected chi connectivity index (χ2v) is 5.68. The highest BCUT2D eigenvalue weighted by Gasteiger charge is 2.22. The first-order valence-corrected chi connectivity index (χ1v) is 8.04. The highest BCUT2D eigenvalue weighted by atomic mass is 35.5. The number of nitrogens with one attached hydrogen (secondary N) is 2. The van der Waals surface area contributed by atoms with Crippen molar-refractivity contribution in [1.82, 2.24) is 10.9 Å². The van der Waals surface area contributed by atoms with Gasteiger partial charge in [-0.1, -0.05) is 11.6 Å². The van der Waals surface area contributed by atoms with Crippen LogP contribution in [-0.4, -0.2) is 38.1 Å². The molecule has 0 aliphatic rings. The van der Waals surface area contributed by atoms with Crippen LogP contribution in [0.1, 0.15) is 20.7 Å². The van der Waals surface area contributed by atoms with E-state index in [0.717, 1.165) is 6.07 Å². The molecule has 148 valence electrons. The van der Waals surface area contributed by atoms with Crippen LogP contribution in [-0.2, 0) is 0 Å². The number of halogens is 1. The van der Waals surface area contributed by atoms with Crippen LogP contribution in [0.25, 0.3) is 0 Å². The molecule has 0 radical (unpaired) electrons. The Bertz CT molecular complexity index is 908. The number of nitrogens with zero attached hydrogens (tertiary/aromatic N) is 1. The van der Waals surface area contributed by atoms with Gasteiger partial charge in [-0.3, -0.25) is 30.6 Å². The van der Waals surface area contributed by atoms with E-state index in [1.807, 2.05) is 0 Å². The van der Waals surface area contributed by atoms with E-state index in [-0.39, 0.29) is 27.6 Å².